The lowest BCUT2D eigenvalue weighted by Crippen LogP contribution is -2.40. The Bertz CT molecular complexity index is 851. The highest BCUT2D eigenvalue weighted by Gasteiger charge is 2.45. The van der Waals surface area contributed by atoms with Crippen LogP contribution in [0.5, 0.6) is 0 Å². The number of rotatable bonds is 4. The van der Waals surface area contributed by atoms with E-state index in [2.05, 4.69) is 10.3 Å². The van der Waals surface area contributed by atoms with E-state index in [1.54, 1.807) is 36.2 Å². The molecule has 1 atom stereocenters. The molecule has 5 nitrogen and oxygen atoms in total. The van der Waals surface area contributed by atoms with Crippen LogP contribution in [0.2, 0.25) is 10.2 Å². The number of carbonyl (C=O) groups excluding carboxylic acids is 2. The van der Waals surface area contributed by atoms with Crippen molar-refractivity contribution in [3.05, 3.63) is 57.8 Å². The van der Waals surface area contributed by atoms with Crippen LogP contribution >= 0.6 is 23.2 Å². The van der Waals surface area contributed by atoms with Crippen LogP contribution < -0.4 is 10.2 Å². The SMILES string of the molecule is Cc1cc(Cl)cc(N2CC(C)(C(=O)NCc3ccnc(Cl)c3)CC2=O)c1. The van der Waals surface area contributed by atoms with E-state index < -0.39 is 5.41 Å². The van der Waals surface area contributed by atoms with Crippen LogP contribution in [0.3, 0.4) is 0 Å². The maximum atomic E-state index is 12.7. The van der Waals surface area contributed by atoms with Crippen molar-refractivity contribution >= 4 is 40.7 Å². The van der Waals surface area contributed by atoms with Crippen LogP contribution in [0.25, 0.3) is 0 Å². The first-order valence-corrected chi connectivity index (χ1v) is 8.99. The standard InChI is InChI=1S/C19H19Cl2N3O2/c1-12-5-14(20)8-15(6-12)24-11-19(2,9-17(24)25)18(26)23-10-13-3-4-22-16(21)7-13/h3-8H,9-11H2,1-2H3,(H,23,26). The Labute approximate surface area is 162 Å². The van der Waals surface area contributed by atoms with E-state index in [0.717, 1.165) is 16.8 Å². The minimum atomic E-state index is -0.801. The van der Waals surface area contributed by atoms with Gasteiger partial charge in [-0.25, -0.2) is 4.98 Å². The number of carbonyl (C=O) groups is 2. The van der Waals surface area contributed by atoms with Crippen LogP contribution in [-0.2, 0) is 16.1 Å². The molecule has 1 fully saturated rings. The third kappa shape index (κ3) is 4.00. The van der Waals surface area contributed by atoms with Gasteiger partial charge in [-0.2, -0.15) is 0 Å². The van der Waals surface area contributed by atoms with Gasteiger partial charge in [0.25, 0.3) is 0 Å². The molecule has 1 aromatic heterocycles. The lowest BCUT2D eigenvalue weighted by Gasteiger charge is -2.23. The lowest BCUT2D eigenvalue weighted by molar-refractivity contribution is -0.131. The number of pyridine rings is 1. The lowest BCUT2D eigenvalue weighted by atomic mass is 9.88. The van der Waals surface area contributed by atoms with Gasteiger partial charge < -0.3 is 10.2 Å². The fraction of sp³-hybridized carbons (Fsp3) is 0.316. The van der Waals surface area contributed by atoms with Gasteiger partial charge in [-0.3, -0.25) is 9.59 Å². The number of benzene rings is 1. The van der Waals surface area contributed by atoms with Crippen LogP contribution in [0.4, 0.5) is 5.69 Å². The molecule has 1 aliphatic rings. The van der Waals surface area contributed by atoms with Crippen LogP contribution in [-0.4, -0.2) is 23.3 Å². The zero-order valence-corrected chi connectivity index (χ0v) is 16.1. The van der Waals surface area contributed by atoms with Gasteiger partial charge in [-0.05, 0) is 55.3 Å². The highest BCUT2D eigenvalue weighted by Crippen LogP contribution is 2.35. The molecule has 1 aromatic carbocycles. The highest BCUT2D eigenvalue weighted by molar-refractivity contribution is 6.31. The summed E-state index contributed by atoms with van der Waals surface area (Å²) < 4.78 is 0. The molecule has 0 aliphatic carbocycles. The maximum absolute atomic E-state index is 12.7. The van der Waals surface area contributed by atoms with E-state index in [1.165, 1.54) is 0 Å². The van der Waals surface area contributed by atoms with Gasteiger partial charge >= 0.3 is 0 Å². The Morgan fingerprint density at radius 3 is 2.77 bits per heavy atom. The van der Waals surface area contributed by atoms with Crippen LogP contribution in [0, 0.1) is 12.3 Å². The average molecular weight is 392 g/mol. The zero-order chi connectivity index (χ0) is 18.9. The number of halogens is 2. The van der Waals surface area contributed by atoms with E-state index in [1.807, 2.05) is 19.1 Å². The Hall–Kier alpha value is -2.11. The summed E-state index contributed by atoms with van der Waals surface area (Å²) in [6, 6.07) is 8.96. The number of nitrogens with one attached hydrogen (secondary N) is 1. The van der Waals surface area contributed by atoms with Gasteiger partial charge in [0.15, 0.2) is 0 Å². The summed E-state index contributed by atoms with van der Waals surface area (Å²) >= 11 is 12.0. The maximum Gasteiger partial charge on any atom is 0.228 e. The predicted octanol–water partition coefficient (Wildman–Crippen LogP) is 3.76. The molecule has 1 N–H and O–H groups in total. The molecule has 26 heavy (non-hydrogen) atoms. The topological polar surface area (TPSA) is 62.3 Å². The monoisotopic (exact) mass is 391 g/mol. The number of amides is 2. The van der Waals surface area contributed by atoms with Gasteiger partial charge in [-0.1, -0.05) is 23.2 Å². The van der Waals surface area contributed by atoms with Gasteiger partial charge in [0.05, 0.1) is 5.41 Å². The first-order valence-electron chi connectivity index (χ1n) is 8.23. The first kappa shape index (κ1) is 18.7. The van der Waals surface area contributed by atoms with Crippen molar-refractivity contribution in [3.8, 4) is 0 Å². The van der Waals surface area contributed by atoms with Crippen molar-refractivity contribution in [1.29, 1.82) is 0 Å². The summed E-state index contributed by atoms with van der Waals surface area (Å²) in [5.74, 6) is -0.253. The zero-order valence-electron chi connectivity index (χ0n) is 14.6. The Morgan fingerprint density at radius 2 is 2.08 bits per heavy atom. The quantitative estimate of drug-likeness (QED) is 0.807. The molecular formula is C19H19Cl2N3O2. The second-order valence-electron chi connectivity index (χ2n) is 6.87. The second kappa shape index (κ2) is 7.25. The number of nitrogens with zero attached hydrogens (tertiary/aromatic N) is 2. The molecule has 0 saturated carbocycles. The van der Waals surface area contributed by atoms with E-state index >= 15 is 0 Å². The van der Waals surface area contributed by atoms with Gasteiger partial charge in [0.2, 0.25) is 11.8 Å². The molecule has 2 amide bonds. The third-order valence-electron chi connectivity index (χ3n) is 4.48. The van der Waals surface area contributed by atoms with Crippen molar-refractivity contribution in [3.63, 3.8) is 0 Å². The summed E-state index contributed by atoms with van der Waals surface area (Å²) in [7, 11) is 0. The Morgan fingerprint density at radius 1 is 1.31 bits per heavy atom. The number of hydrogen-bond acceptors (Lipinski definition) is 3. The number of aryl methyl sites for hydroxylation is 1. The van der Waals surface area contributed by atoms with E-state index in [9.17, 15) is 9.59 Å². The van der Waals surface area contributed by atoms with Crippen LogP contribution in [0.15, 0.2) is 36.5 Å². The van der Waals surface area contributed by atoms with Crippen LogP contribution in [0.1, 0.15) is 24.5 Å². The summed E-state index contributed by atoms with van der Waals surface area (Å²) in [4.78, 5) is 30.8. The Balaban J connectivity index is 1.71. The van der Waals surface area contributed by atoms with E-state index in [4.69, 9.17) is 23.2 Å². The van der Waals surface area contributed by atoms with Crippen molar-refractivity contribution in [2.24, 2.45) is 5.41 Å². The summed E-state index contributed by atoms with van der Waals surface area (Å²) in [6.07, 6.45) is 1.75. The molecule has 2 aromatic rings. The van der Waals surface area contributed by atoms with Gasteiger partial charge in [0.1, 0.15) is 5.15 Å². The smallest absolute Gasteiger partial charge is 0.228 e. The molecule has 0 bridgehead atoms. The number of aromatic nitrogens is 1. The number of hydrogen-bond donors (Lipinski definition) is 1. The molecular weight excluding hydrogens is 373 g/mol. The number of anilines is 1. The normalized spacial score (nSPS) is 19.7. The fourth-order valence-corrected chi connectivity index (χ4v) is 3.61. The second-order valence-corrected chi connectivity index (χ2v) is 7.70. The minimum absolute atomic E-state index is 0.0868. The van der Waals surface area contributed by atoms with Gasteiger partial charge in [0, 0.05) is 36.4 Å². The summed E-state index contributed by atoms with van der Waals surface area (Å²) in [5.41, 5.74) is 1.74. The van der Waals surface area contributed by atoms with E-state index in [-0.39, 0.29) is 18.2 Å². The van der Waals surface area contributed by atoms with Gasteiger partial charge in [-0.15, -0.1) is 0 Å². The highest BCUT2D eigenvalue weighted by atomic mass is 35.5. The summed E-state index contributed by atoms with van der Waals surface area (Å²) in [6.45, 7) is 4.37. The first-order chi connectivity index (χ1) is 12.3. The molecule has 1 aliphatic heterocycles. The minimum Gasteiger partial charge on any atom is -0.351 e. The van der Waals surface area contributed by atoms with E-state index in [0.29, 0.717) is 23.3 Å². The molecule has 1 unspecified atom stereocenters. The molecule has 0 radical (unpaired) electrons. The Kier molecular flexibility index (Phi) is 5.21. The fourth-order valence-electron chi connectivity index (χ4n) is 3.13. The van der Waals surface area contributed by atoms with Crippen molar-refractivity contribution in [1.82, 2.24) is 10.3 Å². The molecule has 0 spiro atoms. The third-order valence-corrected chi connectivity index (χ3v) is 4.91. The van der Waals surface area contributed by atoms with Crippen molar-refractivity contribution < 1.29 is 9.59 Å². The molecule has 2 heterocycles. The molecule has 7 heteroatoms. The average Bonchev–Trinajstić information content (AvgIpc) is 2.88. The largest absolute Gasteiger partial charge is 0.351 e. The van der Waals surface area contributed by atoms with Crippen molar-refractivity contribution in [2.75, 3.05) is 11.4 Å². The molecule has 1 saturated heterocycles. The molecule has 136 valence electrons. The molecule has 3 rings (SSSR count). The predicted molar refractivity (Wildman–Crippen MR) is 102 cm³/mol. The van der Waals surface area contributed by atoms with Crippen molar-refractivity contribution in [2.45, 2.75) is 26.8 Å². The summed E-state index contributed by atoms with van der Waals surface area (Å²) in [5, 5.41) is 3.84.